The van der Waals surface area contributed by atoms with Crippen LogP contribution in [0.15, 0.2) is 18.5 Å². The number of pyridine rings is 1. The number of carbonyl (C=O) groups is 3. The fourth-order valence-corrected chi connectivity index (χ4v) is 5.92. The van der Waals surface area contributed by atoms with Crippen LogP contribution in [0.5, 0.6) is 0 Å². The number of ether oxygens (including phenoxy) is 1. The number of alkyl halides is 1. The van der Waals surface area contributed by atoms with Gasteiger partial charge in [-0.15, -0.1) is 0 Å². The smallest absolute Gasteiger partial charge is 0.410 e. The number of urea groups is 1. The zero-order chi connectivity index (χ0) is 27.9. The van der Waals surface area contributed by atoms with Crippen molar-refractivity contribution in [2.45, 2.75) is 71.2 Å². The van der Waals surface area contributed by atoms with Crippen LogP contribution in [0.1, 0.15) is 58.1 Å². The molecular formula is C28H39FN6O4. The number of hydrogen-bond acceptors (Lipinski definition) is 6. The number of aromatic nitrogens is 2. The second-order valence-electron chi connectivity index (χ2n) is 12.1. The van der Waals surface area contributed by atoms with Crippen LogP contribution in [0.25, 0.3) is 11.0 Å². The summed E-state index contributed by atoms with van der Waals surface area (Å²) in [5.41, 5.74) is 1.80. The highest BCUT2D eigenvalue weighted by atomic mass is 19.1. The molecule has 2 atom stereocenters. The first-order valence-corrected chi connectivity index (χ1v) is 13.9. The van der Waals surface area contributed by atoms with Crippen LogP contribution in [0.2, 0.25) is 0 Å². The second kappa shape index (κ2) is 10.7. The van der Waals surface area contributed by atoms with Crippen molar-refractivity contribution >= 4 is 34.8 Å². The highest BCUT2D eigenvalue weighted by molar-refractivity contribution is 6.06. The molecule has 5 rings (SSSR count). The molecular weight excluding hydrogens is 503 g/mol. The van der Waals surface area contributed by atoms with Crippen LogP contribution in [-0.2, 0) is 9.53 Å². The zero-order valence-corrected chi connectivity index (χ0v) is 23.3. The third-order valence-electron chi connectivity index (χ3n) is 7.95. The molecule has 3 aliphatic heterocycles. The number of anilines is 1. The summed E-state index contributed by atoms with van der Waals surface area (Å²) in [6, 6.07) is 1.15. The number of rotatable bonds is 4. The van der Waals surface area contributed by atoms with E-state index in [0.717, 1.165) is 36.9 Å². The molecule has 5 heterocycles. The molecule has 3 aliphatic rings. The molecule has 0 radical (unpaired) electrons. The van der Waals surface area contributed by atoms with Crippen LogP contribution in [-0.4, -0.2) is 88.4 Å². The lowest BCUT2D eigenvalue weighted by Crippen LogP contribution is -2.49. The normalized spacial score (nSPS) is 23.8. The van der Waals surface area contributed by atoms with Crippen molar-refractivity contribution in [3.05, 3.63) is 24.0 Å². The van der Waals surface area contributed by atoms with Crippen molar-refractivity contribution in [3.63, 3.8) is 0 Å². The van der Waals surface area contributed by atoms with Gasteiger partial charge in [0.25, 0.3) is 0 Å². The number of hydrogen-bond donors (Lipinski definition) is 1. The Kier molecular flexibility index (Phi) is 7.54. The average molecular weight is 543 g/mol. The van der Waals surface area contributed by atoms with E-state index in [1.54, 1.807) is 11.1 Å². The number of carbonyl (C=O) groups excluding carboxylic acids is 3. The third-order valence-corrected chi connectivity index (χ3v) is 7.95. The van der Waals surface area contributed by atoms with Crippen LogP contribution in [0.4, 0.5) is 19.7 Å². The molecule has 11 heteroatoms. The Bertz CT molecular complexity index is 1250. The van der Waals surface area contributed by atoms with E-state index in [4.69, 9.17) is 4.74 Å². The van der Waals surface area contributed by atoms with Crippen LogP contribution < -0.4 is 10.2 Å². The van der Waals surface area contributed by atoms with E-state index in [-0.39, 0.29) is 24.5 Å². The van der Waals surface area contributed by atoms with Gasteiger partial charge < -0.3 is 19.1 Å². The van der Waals surface area contributed by atoms with E-state index in [0.29, 0.717) is 49.9 Å². The number of fused-ring (bicyclic) bond motifs is 1. The van der Waals surface area contributed by atoms with Crippen molar-refractivity contribution in [1.82, 2.24) is 24.7 Å². The number of imide groups is 1. The fourth-order valence-electron chi connectivity index (χ4n) is 5.92. The third kappa shape index (κ3) is 6.03. The Morgan fingerprint density at radius 1 is 1.15 bits per heavy atom. The summed E-state index contributed by atoms with van der Waals surface area (Å²) in [7, 11) is 0. The first-order chi connectivity index (χ1) is 18.5. The molecule has 0 aliphatic carbocycles. The van der Waals surface area contributed by atoms with Gasteiger partial charge >= 0.3 is 12.1 Å². The minimum atomic E-state index is -1.03. The minimum absolute atomic E-state index is 0.245. The number of likely N-dealkylation sites (tertiary alicyclic amines) is 2. The van der Waals surface area contributed by atoms with Gasteiger partial charge in [0.05, 0.1) is 17.9 Å². The van der Waals surface area contributed by atoms with E-state index < -0.39 is 17.8 Å². The van der Waals surface area contributed by atoms with Crippen LogP contribution in [0.3, 0.4) is 0 Å². The molecule has 3 saturated heterocycles. The molecule has 1 N–H and O–H groups in total. The van der Waals surface area contributed by atoms with Gasteiger partial charge in [-0.05, 0) is 64.5 Å². The highest BCUT2D eigenvalue weighted by Gasteiger charge is 2.34. The zero-order valence-electron chi connectivity index (χ0n) is 23.3. The molecule has 2 aromatic heterocycles. The maximum absolute atomic E-state index is 15.6. The van der Waals surface area contributed by atoms with E-state index in [1.807, 2.05) is 44.5 Å². The van der Waals surface area contributed by atoms with E-state index >= 15 is 4.39 Å². The molecule has 4 amide bonds. The Balaban J connectivity index is 1.19. The lowest BCUT2D eigenvalue weighted by Gasteiger charge is -2.39. The van der Waals surface area contributed by atoms with E-state index in [1.165, 1.54) is 4.90 Å². The predicted molar refractivity (Wildman–Crippen MR) is 145 cm³/mol. The van der Waals surface area contributed by atoms with E-state index in [2.05, 4.69) is 15.2 Å². The molecule has 3 fully saturated rings. The minimum Gasteiger partial charge on any atom is -0.444 e. The Morgan fingerprint density at radius 2 is 1.90 bits per heavy atom. The number of nitrogens with one attached hydrogen (secondary N) is 1. The fraction of sp³-hybridized carbons (Fsp3) is 0.643. The lowest BCUT2D eigenvalue weighted by molar-refractivity contribution is -0.120. The van der Waals surface area contributed by atoms with Gasteiger partial charge in [-0.3, -0.25) is 15.0 Å². The summed E-state index contributed by atoms with van der Waals surface area (Å²) in [5.74, 6) is 0.156. The monoisotopic (exact) mass is 542 g/mol. The SMILES string of the molecule is Cc1cn([C@H]2CCN(CC3CCN(C(=O)OC(C)(C)C)CC3)C[C@H]2F)c2ncc(N3CCC(=O)NC3=O)cc12. The highest BCUT2D eigenvalue weighted by Crippen LogP contribution is 2.33. The summed E-state index contributed by atoms with van der Waals surface area (Å²) >= 11 is 0. The van der Waals surface area contributed by atoms with Gasteiger partial charge in [-0.25, -0.2) is 19.0 Å². The molecule has 39 heavy (non-hydrogen) atoms. The van der Waals surface area contributed by atoms with E-state index in [9.17, 15) is 14.4 Å². The number of nitrogens with zero attached hydrogens (tertiary/aromatic N) is 5. The van der Waals surface area contributed by atoms with Crippen molar-refractivity contribution in [2.24, 2.45) is 5.92 Å². The van der Waals surface area contributed by atoms with Crippen LogP contribution >= 0.6 is 0 Å². The van der Waals surface area contributed by atoms with Crippen molar-refractivity contribution in [1.29, 1.82) is 0 Å². The Labute approximate surface area is 228 Å². The Morgan fingerprint density at radius 3 is 2.56 bits per heavy atom. The topological polar surface area (TPSA) is 100 Å². The van der Waals surface area contributed by atoms with Crippen molar-refractivity contribution in [3.8, 4) is 0 Å². The molecule has 0 bridgehead atoms. The van der Waals surface area contributed by atoms with Gasteiger partial charge in [0.2, 0.25) is 5.91 Å². The van der Waals surface area contributed by atoms with Gasteiger partial charge in [-0.2, -0.15) is 0 Å². The number of piperidine rings is 2. The maximum Gasteiger partial charge on any atom is 0.410 e. The molecule has 212 valence electrons. The van der Waals surface area contributed by atoms with Crippen LogP contribution in [0, 0.1) is 12.8 Å². The lowest BCUT2D eigenvalue weighted by atomic mass is 9.94. The van der Waals surface area contributed by atoms with Gasteiger partial charge in [-0.1, -0.05) is 0 Å². The summed E-state index contributed by atoms with van der Waals surface area (Å²) in [6.07, 6.45) is 5.02. The van der Waals surface area contributed by atoms with Crippen molar-refractivity contribution < 1.29 is 23.5 Å². The summed E-state index contributed by atoms with van der Waals surface area (Å²) < 4.78 is 23.1. The number of amides is 4. The first-order valence-electron chi connectivity index (χ1n) is 13.9. The summed E-state index contributed by atoms with van der Waals surface area (Å²) in [4.78, 5) is 46.3. The predicted octanol–water partition coefficient (Wildman–Crippen LogP) is 4.02. The molecule has 0 aromatic carbocycles. The summed E-state index contributed by atoms with van der Waals surface area (Å²) in [5, 5.41) is 3.22. The Hall–Kier alpha value is -3.21. The first kappa shape index (κ1) is 27.4. The summed E-state index contributed by atoms with van der Waals surface area (Å²) in [6.45, 7) is 11.3. The quantitative estimate of drug-likeness (QED) is 0.627. The molecule has 2 aromatic rings. The standard InChI is InChI=1S/C28H39FN6O4/c1-18-15-35(25-21(18)13-20(14-30-25)34-12-8-24(36)31-26(34)37)23-7-9-32(17-22(23)29)16-19-5-10-33(11-6-19)27(38)39-28(2,3)4/h13-15,19,22-23H,5-12,16-17H2,1-4H3,(H,31,36,37)/t22-,23+/m1/s1. The molecule has 0 spiro atoms. The average Bonchev–Trinajstić information content (AvgIpc) is 3.19. The molecule has 0 saturated carbocycles. The van der Waals surface area contributed by atoms with Crippen molar-refractivity contribution in [2.75, 3.05) is 44.2 Å². The largest absolute Gasteiger partial charge is 0.444 e. The maximum atomic E-state index is 15.6. The van der Waals surface area contributed by atoms with Gasteiger partial charge in [0.15, 0.2) is 0 Å². The van der Waals surface area contributed by atoms with Gasteiger partial charge in [0.1, 0.15) is 17.4 Å². The second-order valence-corrected chi connectivity index (χ2v) is 12.1. The number of halogens is 1. The molecule has 0 unspecified atom stereocenters. The molecule has 10 nitrogen and oxygen atoms in total. The van der Waals surface area contributed by atoms with Gasteiger partial charge in [0, 0.05) is 57.3 Å². The number of aryl methyl sites for hydroxylation is 1.